The number of methoxy groups -OCH3 is 1. The molecule has 31 heavy (non-hydrogen) atoms. The molecule has 2 aromatic rings. The lowest BCUT2D eigenvalue weighted by Gasteiger charge is -2.12. The summed E-state index contributed by atoms with van der Waals surface area (Å²) < 4.78 is 98.9. The number of sulfonamides is 1. The number of aromatic nitrogens is 2. The third kappa shape index (κ3) is 7.45. The fraction of sp³-hybridized carbons (Fsp3) is 0.214. The number of alkyl halides is 3. The Morgan fingerprint density at radius 3 is 2.26 bits per heavy atom. The van der Waals surface area contributed by atoms with Gasteiger partial charge in [0.15, 0.2) is 5.75 Å². The van der Waals surface area contributed by atoms with Gasteiger partial charge in [-0.3, -0.25) is 5.32 Å². The maximum absolute atomic E-state index is 12.4. The Labute approximate surface area is 173 Å². The Bertz CT molecular complexity index is 1190. The van der Waals surface area contributed by atoms with E-state index in [2.05, 4.69) is 23.6 Å². The Balaban J connectivity index is 2.26. The van der Waals surface area contributed by atoms with E-state index in [0.29, 0.717) is 12.3 Å². The molecule has 0 atom stereocenters. The number of halogens is 3. The van der Waals surface area contributed by atoms with Crippen LogP contribution < -0.4 is 23.7 Å². The van der Waals surface area contributed by atoms with E-state index in [4.69, 9.17) is 0 Å². The van der Waals surface area contributed by atoms with Gasteiger partial charge in [0.25, 0.3) is 10.0 Å². The number of carbonyl (C=O) groups is 1. The molecule has 0 spiro atoms. The van der Waals surface area contributed by atoms with Crippen molar-refractivity contribution in [3.63, 3.8) is 0 Å². The highest BCUT2D eigenvalue weighted by Gasteiger charge is 2.32. The molecule has 2 N–H and O–H groups in total. The van der Waals surface area contributed by atoms with Crippen molar-refractivity contribution in [3.8, 4) is 17.5 Å². The predicted molar refractivity (Wildman–Crippen MR) is 96.5 cm³/mol. The molecule has 2 rings (SSSR count). The molecule has 0 bridgehead atoms. The van der Waals surface area contributed by atoms with Gasteiger partial charge >= 0.3 is 22.5 Å². The van der Waals surface area contributed by atoms with E-state index >= 15 is 0 Å². The summed E-state index contributed by atoms with van der Waals surface area (Å²) in [5.41, 5.74) is 0. The standard InChI is InChI=1S/C14H13F3N4O8S2/c1-27-10-7-11(28-14(15,16)17)19-12(18-10)20-13(22)21-31(25,26)9-6-4-3-5-8(9)29-30(2,23)24/h3-7H,1-2H3,(H2,18,19,20,21,22). The summed E-state index contributed by atoms with van der Waals surface area (Å²) in [6, 6.07) is 3.68. The van der Waals surface area contributed by atoms with Crippen molar-refractivity contribution in [3.05, 3.63) is 30.3 Å². The number of nitrogens with one attached hydrogen (secondary N) is 2. The molecule has 0 saturated heterocycles. The Kier molecular flexibility index (Phi) is 6.80. The molecular formula is C14H13F3N4O8S2. The van der Waals surface area contributed by atoms with E-state index in [0.717, 1.165) is 19.2 Å². The van der Waals surface area contributed by atoms with E-state index in [9.17, 15) is 34.8 Å². The summed E-state index contributed by atoms with van der Waals surface area (Å²) in [5, 5.41) is 1.80. The SMILES string of the molecule is COc1cc(OC(F)(F)F)nc(NC(=O)NS(=O)(=O)c2ccccc2OS(C)(=O)=O)n1. The third-order valence-corrected chi connectivity index (χ3v) is 4.79. The fourth-order valence-corrected chi connectivity index (χ4v) is 3.51. The monoisotopic (exact) mass is 486 g/mol. The molecule has 1 aromatic heterocycles. The Hall–Kier alpha value is -3.34. The van der Waals surface area contributed by atoms with E-state index in [1.54, 1.807) is 5.32 Å². The van der Waals surface area contributed by atoms with Gasteiger partial charge in [-0.05, 0) is 12.1 Å². The first-order valence-electron chi connectivity index (χ1n) is 7.69. The van der Waals surface area contributed by atoms with Crippen LogP contribution in [0.25, 0.3) is 0 Å². The van der Waals surface area contributed by atoms with Crippen molar-refractivity contribution in [2.24, 2.45) is 0 Å². The molecule has 0 radical (unpaired) electrons. The van der Waals surface area contributed by atoms with Gasteiger partial charge in [0.2, 0.25) is 17.7 Å². The number of para-hydroxylation sites is 1. The van der Waals surface area contributed by atoms with Crippen molar-refractivity contribution in [1.82, 2.24) is 14.7 Å². The number of ether oxygens (including phenoxy) is 2. The quantitative estimate of drug-likeness (QED) is 0.544. The second-order valence-corrected chi connectivity index (χ2v) is 8.64. The largest absolute Gasteiger partial charge is 0.574 e. The second kappa shape index (κ2) is 8.80. The number of amides is 2. The molecule has 0 aliphatic carbocycles. The lowest BCUT2D eigenvalue weighted by atomic mass is 10.3. The van der Waals surface area contributed by atoms with Crippen LogP contribution in [-0.4, -0.2) is 52.6 Å². The lowest BCUT2D eigenvalue weighted by molar-refractivity contribution is -0.276. The summed E-state index contributed by atoms with van der Waals surface area (Å²) in [5.74, 6) is -2.85. The van der Waals surface area contributed by atoms with Crippen LogP contribution in [0.4, 0.5) is 23.9 Å². The number of nitrogens with zero attached hydrogens (tertiary/aromatic N) is 2. The van der Waals surface area contributed by atoms with Gasteiger partial charge < -0.3 is 13.7 Å². The first kappa shape index (κ1) is 23.9. The van der Waals surface area contributed by atoms with Gasteiger partial charge in [-0.2, -0.15) is 18.4 Å². The Morgan fingerprint density at radius 2 is 1.68 bits per heavy atom. The minimum Gasteiger partial charge on any atom is -0.481 e. The Morgan fingerprint density at radius 1 is 1.06 bits per heavy atom. The fourth-order valence-electron chi connectivity index (χ4n) is 1.94. The molecule has 0 saturated carbocycles. The molecule has 0 fully saturated rings. The van der Waals surface area contributed by atoms with Crippen LogP contribution in [0.15, 0.2) is 35.2 Å². The van der Waals surface area contributed by atoms with E-state index in [1.165, 1.54) is 16.9 Å². The number of urea groups is 1. The highest BCUT2D eigenvalue weighted by molar-refractivity contribution is 7.90. The van der Waals surface area contributed by atoms with Crippen LogP contribution in [0.3, 0.4) is 0 Å². The molecule has 0 aliphatic heterocycles. The van der Waals surface area contributed by atoms with Gasteiger partial charge in [-0.25, -0.2) is 17.9 Å². The van der Waals surface area contributed by atoms with Crippen molar-refractivity contribution >= 4 is 32.1 Å². The molecule has 2 amide bonds. The van der Waals surface area contributed by atoms with Gasteiger partial charge in [-0.15, -0.1) is 13.2 Å². The average molecular weight is 486 g/mol. The normalized spacial score (nSPS) is 12.0. The number of hydrogen-bond acceptors (Lipinski definition) is 10. The molecular weight excluding hydrogens is 473 g/mol. The number of rotatable bonds is 7. The van der Waals surface area contributed by atoms with Gasteiger partial charge in [0.05, 0.1) is 19.4 Å². The smallest absolute Gasteiger partial charge is 0.481 e. The maximum Gasteiger partial charge on any atom is 0.574 e. The zero-order valence-electron chi connectivity index (χ0n) is 15.5. The van der Waals surface area contributed by atoms with Crippen molar-refractivity contribution in [2.75, 3.05) is 18.7 Å². The van der Waals surface area contributed by atoms with E-state index in [-0.39, 0.29) is 0 Å². The highest BCUT2D eigenvalue weighted by Crippen LogP contribution is 2.26. The van der Waals surface area contributed by atoms with Crippen LogP contribution in [0.1, 0.15) is 0 Å². The van der Waals surface area contributed by atoms with Gasteiger partial charge in [0, 0.05) is 0 Å². The predicted octanol–water partition coefficient (Wildman–Crippen LogP) is 1.23. The highest BCUT2D eigenvalue weighted by atomic mass is 32.2. The summed E-state index contributed by atoms with van der Waals surface area (Å²) in [4.78, 5) is 18.2. The average Bonchev–Trinajstić information content (AvgIpc) is 2.58. The molecule has 1 aromatic carbocycles. The molecule has 17 heteroatoms. The summed E-state index contributed by atoms with van der Waals surface area (Å²) in [7, 11) is -7.72. The van der Waals surface area contributed by atoms with Gasteiger partial charge in [-0.1, -0.05) is 12.1 Å². The summed E-state index contributed by atoms with van der Waals surface area (Å²) in [6.07, 6.45) is -4.43. The lowest BCUT2D eigenvalue weighted by Crippen LogP contribution is -2.35. The molecule has 170 valence electrons. The van der Waals surface area contributed by atoms with Crippen molar-refractivity contribution < 1.29 is 48.5 Å². The minimum atomic E-state index is -5.11. The van der Waals surface area contributed by atoms with Crippen molar-refractivity contribution in [2.45, 2.75) is 11.3 Å². The minimum absolute atomic E-state index is 0.431. The van der Waals surface area contributed by atoms with Crippen LogP contribution in [-0.2, 0) is 20.1 Å². The summed E-state index contributed by atoms with van der Waals surface area (Å²) >= 11 is 0. The van der Waals surface area contributed by atoms with E-state index < -0.39 is 60.9 Å². The first-order chi connectivity index (χ1) is 14.2. The summed E-state index contributed by atoms with van der Waals surface area (Å²) in [6.45, 7) is 0. The number of anilines is 1. The molecule has 0 unspecified atom stereocenters. The molecule has 0 aliphatic rings. The zero-order valence-corrected chi connectivity index (χ0v) is 17.1. The molecule has 1 heterocycles. The van der Waals surface area contributed by atoms with Crippen LogP contribution in [0.2, 0.25) is 0 Å². The number of hydrogen-bond donors (Lipinski definition) is 2. The zero-order chi connectivity index (χ0) is 23.4. The van der Waals surface area contributed by atoms with Crippen LogP contribution >= 0.6 is 0 Å². The van der Waals surface area contributed by atoms with Crippen LogP contribution in [0, 0.1) is 0 Å². The third-order valence-electron chi connectivity index (χ3n) is 2.94. The van der Waals surface area contributed by atoms with Crippen LogP contribution in [0.5, 0.6) is 17.5 Å². The van der Waals surface area contributed by atoms with E-state index in [1.807, 2.05) is 0 Å². The first-order valence-corrected chi connectivity index (χ1v) is 11.0. The molecule has 12 nitrogen and oxygen atoms in total. The number of benzene rings is 1. The number of carbonyl (C=O) groups excluding carboxylic acids is 1. The topological polar surface area (TPSA) is 163 Å². The second-order valence-electron chi connectivity index (χ2n) is 5.41. The van der Waals surface area contributed by atoms with Crippen molar-refractivity contribution in [1.29, 1.82) is 0 Å². The maximum atomic E-state index is 12.4. The van der Waals surface area contributed by atoms with Gasteiger partial charge in [0.1, 0.15) is 4.90 Å².